The van der Waals surface area contributed by atoms with Gasteiger partial charge in [-0.25, -0.2) is 0 Å². The van der Waals surface area contributed by atoms with E-state index in [2.05, 4.69) is 17.4 Å². The van der Waals surface area contributed by atoms with Gasteiger partial charge in [0.15, 0.2) is 6.61 Å². The summed E-state index contributed by atoms with van der Waals surface area (Å²) in [5.41, 5.74) is 6.22. The Kier molecular flexibility index (Phi) is 9.15. The minimum Gasteiger partial charge on any atom is -0.483 e. The second-order valence-corrected chi connectivity index (χ2v) is 5.25. The Bertz CT molecular complexity index is 649. The lowest BCUT2D eigenvalue weighted by Crippen LogP contribution is -2.21. The van der Waals surface area contributed by atoms with Crippen LogP contribution in [-0.4, -0.2) is 32.3 Å². The highest BCUT2D eigenvalue weighted by molar-refractivity contribution is 5.88. The Hall–Kier alpha value is -1.82. The highest BCUT2D eigenvalue weighted by Gasteiger charge is 2.09. The first-order chi connectivity index (χ1) is 11.2. The molecule has 0 radical (unpaired) electrons. The Labute approximate surface area is 148 Å². The Morgan fingerprint density at radius 2 is 2.00 bits per heavy atom. The minimum absolute atomic E-state index is 0. The smallest absolute Gasteiger partial charge is 0.255 e. The van der Waals surface area contributed by atoms with E-state index < -0.39 is 5.91 Å². The van der Waals surface area contributed by atoms with Crippen molar-refractivity contribution in [2.24, 2.45) is 5.73 Å². The van der Waals surface area contributed by atoms with Crippen molar-refractivity contribution in [3.8, 4) is 5.75 Å². The van der Waals surface area contributed by atoms with Gasteiger partial charge in [-0.05, 0) is 36.7 Å². The zero-order chi connectivity index (χ0) is 16.5. The van der Waals surface area contributed by atoms with Crippen molar-refractivity contribution in [2.75, 3.05) is 26.4 Å². The van der Waals surface area contributed by atoms with E-state index in [-0.39, 0.29) is 19.0 Å². The molecule has 0 spiro atoms. The van der Waals surface area contributed by atoms with Crippen LogP contribution in [0.1, 0.15) is 18.9 Å². The molecule has 0 unspecified atom stereocenters. The molecule has 0 aliphatic heterocycles. The van der Waals surface area contributed by atoms with Crippen LogP contribution in [0.4, 0.5) is 0 Å². The third-order valence-corrected chi connectivity index (χ3v) is 3.52. The number of amides is 1. The van der Waals surface area contributed by atoms with E-state index in [0.29, 0.717) is 12.3 Å². The van der Waals surface area contributed by atoms with E-state index in [4.69, 9.17) is 15.2 Å². The molecule has 0 heterocycles. The monoisotopic (exact) mass is 352 g/mol. The van der Waals surface area contributed by atoms with Gasteiger partial charge in [0.2, 0.25) is 0 Å². The molecule has 2 aromatic rings. The molecule has 0 saturated carbocycles. The first-order valence-electron chi connectivity index (χ1n) is 7.92. The number of hydrogen-bond donors (Lipinski definition) is 2. The number of rotatable bonds is 10. The molecule has 0 atom stereocenters. The zero-order valence-corrected chi connectivity index (χ0v) is 14.7. The summed E-state index contributed by atoms with van der Waals surface area (Å²) in [7, 11) is 0. The van der Waals surface area contributed by atoms with E-state index in [1.165, 1.54) is 0 Å². The van der Waals surface area contributed by atoms with Crippen LogP contribution in [0.3, 0.4) is 0 Å². The molecule has 6 heteroatoms. The van der Waals surface area contributed by atoms with E-state index in [1.807, 2.05) is 31.2 Å². The van der Waals surface area contributed by atoms with Gasteiger partial charge in [-0.2, -0.15) is 0 Å². The SMILES string of the molecule is CCOCCCNCc1c(OCC(N)=O)ccc2ccccc12.Cl. The highest BCUT2D eigenvalue weighted by atomic mass is 35.5. The maximum absolute atomic E-state index is 11.0. The first kappa shape index (κ1) is 20.2. The molecule has 0 bridgehead atoms. The molecule has 0 aliphatic rings. The average molecular weight is 353 g/mol. The molecular formula is C18H25ClN2O3. The fourth-order valence-corrected chi connectivity index (χ4v) is 2.44. The van der Waals surface area contributed by atoms with Gasteiger partial charge in [0.25, 0.3) is 5.91 Å². The number of benzene rings is 2. The minimum atomic E-state index is -0.478. The number of carbonyl (C=O) groups excluding carboxylic acids is 1. The van der Waals surface area contributed by atoms with Crippen LogP contribution in [-0.2, 0) is 16.1 Å². The number of carbonyl (C=O) groups is 1. The van der Waals surface area contributed by atoms with Crippen molar-refractivity contribution in [3.05, 3.63) is 42.0 Å². The number of nitrogens with one attached hydrogen (secondary N) is 1. The number of hydrogen-bond acceptors (Lipinski definition) is 4. The predicted molar refractivity (Wildman–Crippen MR) is 98.7 cm³/mol. The molecule has 0 aromatic heterocycles. The topological polar surface area (TPSA) is 73.6 Å². The van der Waals surface area contributed by atoms with Gasteiger partial charge in [0, 0.05) is 25.3 Å². The molecular weight excluding hydrogens is 328 g/mol. The Balaban J connectivity index is 0.00000288. The third kappa shape index (κ3) is 6.00. The standard InChI is InChI=1S/C18H24N2O3.ClH/c1-2-22-11-5-10-20-12-16-15-7-4-3-6-14(15)8-9-17(16)23-13-18(19)21;/h3-4,6-9,20H,2,5,10-13H2,1H3,(H2,19,21);1H. The van der Waals surface area contributed by atoms with Crippen LogP contribution in [0.2, 0.25) is 0 Å². The zero-order valence-electron chi connectivity index (χ0n) is 13.9. The van der Waals surface area contributed by atoms with E-state index in [0.717, 1.165) is 42.5 Å². The van der Waals surface area contributed by atoms with Crippen molar-refractivity contribution in [1.82, 2.24) is 5.32 Å². The maximum Gasteiger partial charge on any atom is 0.255 e. The number of fused-ring (bicyclic) bond motifs is 1. The molecule has 0 saturated heterocycles. The lowest BCUT2D eigenvalue weighted by molar-refractivity contribution is -0.119. The van der Waals surface area contributed by atoms with Crippen LogP contribution in [0, 0.1) is 0 Å². The van der Waals surface area contributed by atoms with Crippen LogP contribution < -0.4 is 15.8 Å². The lowest BCUT2D eigenvalue weighted by atomic mass is 10.0. The fraction of sp³-hybridized carbons (Fsp3) is 0.389. The van der Waals surface area contributed by atoms with Crippen molar-refractivity contribution < 1.29 is 14.3 Å². The van der Waals surface area contributed by atoms with Gasteiger partial charge >= 0.3 is 0 Å². The van der Waals surface area contributed by atoms with E-state index >= 15 is 0 Å². The second kappa shape index (κ2) is 10.9. The van der Waals surface area contributed by atoms with Crippen LogP contribution >= 0.6 is 12.4 Å². The fourth-order valence-electron chi connectivity index (χ4n) is 2.44. The molecule has 2 aromatic carbocycles. The summed E-state index contributed by atoms with van der Waals surface area (Å²) >= 11 is 0. The van der Waals surface area contributed by atoms with Crippen LogP contribution in [0.25, 0.3) is 10.8 Å². The number of nitrogens with two attached hydrogens (primary N) is 1. The molecule has 3 N–H and O–H groups in total. The average Bonchev–Trinajstić information content (AvgIpc) is 2.56. The van der Waals surface area contributed by atoms with E-state index in [1.54, 1.807) is 0 Å². The van der Waals surface area contributed by atoms with Gasteiger partial charge in [0.05, 0.1) is 0 Å². The quantitative estimate of drug-likeness (QED) is 0.645. The number of primary amides is 1. The summed E-state index contributed by atoms with van der Waals surface area (Å²) in [6.45, 7) is 4.90. The summed E-state index contributed by atoms with van der Waals surface area (Å²) in [5.74, 6) is 0.216. The first-order valence-corrected chi connectivity index (χ1v) is 7.92. The maximum atomic E-state index is 11.0. The largest absolute Gasteiger partial charge is 0.483 e. The van der Waals surface area contributed by atoms with E-state index in [9.17, 15) is 4.79 Å². The highest BCUT2D eigenvalue weighted by Crippen LogP contribution is 2.28. The third-order valence-electron chi connectivity index (χ3n) is 3.52. The lowest BCUT2D eigenvalue weighted by Gasteiger charge is -2.14. The van der Waals surface area contributed by atoms with Gasteiger partial charge in [-0.3, -0.25) is 4.79 Å². The predicted octanol–water partition coefficient (Wildman–Crippen LogP) is 2.64. The van der Waals surface area contributed by atoms with Crippen LogP contribution in [0.5, 0.6) is 5.75 Å². The molecule has 24 heavy (non-hydrogen) atoms. The molecule has 0 fully saturated rings. The summed E-state index contributed by atoms with van der Waals surface area (Å²) in [6, 6.07) is 12.0. The molecule has 2 rings (SSSR count). The van der Waals surface area contributed by atoms with Gasteiger partial charge < -0.3 is 20.5 Å². The number of ether oxygens (including phenoxy) is 2. The second-order valence-electron chi connectivity index (χ2n) is 5.25. The summed E-state index contributed by atoms with van der Waals surface area (Å²) in [4.78, 5) is 11.0. The summed E-state index contributed by atoms with van der Waals surface area (Å²) < 4.78 is 10.9. The van der Waals surface area contributed by atoms with Crippen LogP contribution in [0.15, 0.2) is 36.4 Å². The van der Waals surface area contributed by atoms with Gasteiger partial charge in [-0.1, -0.05) is 30.3 Å². The van der Waals surface area contributed by atoms with Crippen molar-refractivity contribution in [2.45, 2.75) is 19.9 Å². The summed E-state index contributed by atoms with van der Waals surface area (Å²) in [5, 5.41) is 5.67. The molecule has 132 valence electrons. The van der Waals surface area contributed by atoms with Crippen molar-refractivity contribution in [1.29, 1.82) is 0 Å². The Morgan fingerprint density at radius 1 is 1.21 bits per heavy atom. The Morgan fingerprint density at radius 3 is 2.75 bits per heavy atom. The normalized spacial score (nSPS) is 10.4. The van der Waals surface area contributed by atoms with Gasteiger partial charge in [0.1, 0.15) is 5.75 Å². The van der Waals surface area contributed by atoms with Crippen molar-refractivity contribution in [3.63, 3.8) is 0 Å². The molecule has 0 aliphatic carbocycles. The van der Waals surface area contributed by atoms with Crippen molar-refractivity contribution >= 4 is 29.1 Å². The summed E-state index contributed by atoms with van der Waals surface area (Å²) in [6.07, 6.45) is 0.954. The molecule has 5 nitrogen and oxygen atoms in total. The number of halogens is 1. The van der Waals surface area contributed by atoms with Gasteiger partial charge in [-0.15, -0.1) is 12.4 Å². The molecule has 1 amide bonds.